The second kappa shape index (κ2) is 5.14. The van der Waals surface area contributed by atoms with E-state index in [-0.39, 0.29) is 28.1 Å². The van der Waals surface area contributed by atoms with Crippen LogP contribution in [-0.2, 0) is 9.53 Å². The molecule has 3 rings (SSSR count). The van der Waals surface area contributed by atoms with Gasteiger partial charge in [-0.05, 0) is 25.5 Å². The fourth-order valence-corrected chi connectivity index (χ4v) is 5.62. The quantitative estimate of drug-likeness (QED) is 0.832. The summed E-state index contributed by atoms with van der Waals surface area (Å²) in [6.07, 6.45) is 8.16. The Morgan fingerprint density at radius 3 is 2.67 bits per heavy atom. The normalized spacial score (nSPS) is 39.6. The SMILES string of the molecule is CSC1(CNC(=O)C2(N)C3CCOC3C2(C)C)CCCC1. The lowest BCUT2D eigenvalue weighted by molar-refractivity contribution is -0.175. The third-order valence-corrected chi connectivity index (χ3v) is 7.77. The minimum atomic E-state index is -0.771. The standard InChI is InChI=1S/C16H28N2O2S/c1-14(2)12-11(6-9-20-12)16(14,17)13(19)18-10-15(21-3)7-4-5-8-15/h11-12H,4-10,17H2,1-3H3,(H,18,19). The molecule has 2 saturated carbocycles. The molecule has 0 aromatic rings. The third kappa shape index (κ3) is 2.07. The van der Waals surface area contributed by atoms with Crippen LogP contribution in [0.4, 0.5) is 0 Å². The van der Waals surface area contributed by atoms with Gasteiger partial charge < -0.3 is 15.8 Å². The highest BCUT2D eigenvalue weighted by Crippen LogP contribution is 2.58. The molecule has 5 heteroatoms. The van der Waals surface area contributed by atoms with E-state index in [0.717, 1.165) is 19.6 Å². The second-order valence-corrected chi connectivity index (χ2v) is 8.83. The summed E-state index contributed by atoms with van der Waals surface area (Å²) in [6, 6.07) is 0. The molecular formula is C16H28N2O2S. The summed E-state index contributed by atoms with van der Waals surface area (Å²) in [5.74, 6) is 0.209. The lowest BCUT2D eigenvalue weighted by atomic mass is 9.48. The number of thioether (sulfide) groups is 1. The summed E-state index contributed by atoms with van der Waals surface area (Å²) in [5, 5.41) is 3.19. The Kier molecular flexibility index (Phi) is 3.82. The van der Waals surface area contributed by atoms with Crippen molar-refractivity contribution in [2.45, 2.75) is 62.3 Å². The molecule has 3 unspecified atom stereocenters. The van der Waals surface area contributed by atoms with Crippen LogP contribution in [0.5, 0.6) is 0 Å². The van der Waals surface area contributed by atoms with Crippen molar-refractivity contribution in [3.05, 3.63) is 0 Å². The van der Waals surface area contributed by atoms with Crippen LogP contribution in [-0.4, -0.2) is 41.7 Å². The number of amides is 1. The zero-order chi connectivity index (χ0) is 15.3. The summed E-state index contributed by atoms with van der Waals surface area (Å²) in [4.78, 5) is 12.8. The van der Waals surface area contributed by atoms with E-state index >= 15 is 0 Å². The number of hydrogen-bond donors (Lipinski definition) is 2. The predicted molar refractivity (Wildman–Crippen MR) is 86.3 cm³/mol. The summed E-state index contributed by atoms with van der Waals surface area (Å²) in [7, 11) is 0. The molecule has 21 heavy (non-hydrogen) atoms. The number of hydrogen-bond acceptors (Lipinski definition) is 4. The van der Waals surface area contributed by atoms with Gasteiger partial charge in [0.25, 0.3) is 0 Å². The fourth-order valence-electron chi connectivity index (χ4n) is 4.71. The average Bonchev–Trinajstić information content (AvgIpc) is 3.12. The number of ether oxygens (including phenoxy) is 1. The molecule has 0 spiro atoms. The van der Waals surface area contributed by atoms with Crippen LogP contribution in [0.1, 0.15) is 46.0 Å². The van der Waals surface area contributed by atoms with E-state index in [9.17, 15) is 4.79 Å². The molecule has 1 heterocycles. The maximum absolute atomic E-state index is 12.8. The summed E-state index contributed by atoms with van der Waals surface area (Å²) in [6.45, 7) is 5.62. The Bertz CT molecular complexity index is 434. The summed E-state index contributed by atoms with van der Waals surface area (Å²) < 4.78 is 6.00. The molecule has 1 amide bonds. The van der Waals surface area contributed by atoms with Gasteiger partial charge in [0, 0.05) is 29.2 Å². The molecule has 3 atom stereocenters. The first-order valence-electron chi connectivity index (χ1n) is 8.11. The average molecular weight is 312 g/mol. The van der Waals surface area contributed by atoms with Gasteiger partial charge >= 0.3 is 0 Å². The molecule has 0 radical (unpaired) electrons. The number of fused-ring (bicyclic) bond motifs is 1. The van der Waals surface area contributed by atoms with Crippen molar-refractivity contribution in [3.8, 4) is 0 Å². The van der Waals surface area contributed by atoms with Crippen molar-refractivity contribution in [2.75, 3.05) is 19.4 Å². The molecule has 3 fully saturated rings. The fraction of sp³-hybridized carbons (Fsp3) is 0.938. The van der Waals surface area contributed by atoms with E-state index < -0.39 is 5.54 Å². The van der Waals surface area contributed by atoms with Crippen molar-refractivity contribution >= 4 is 17.7 Å². The van der Waals surface area contributed by atoms with Crippen molar-refractivity contribution < 1.29 is 9.53 Å². The van der Waals surface area contributed by atoms with E-state index in [4.69, 9.17) is 10.5 Å². The highest BCUT2D eigenvalue weighted by atomic mass is 32.2. The number of rotatable bonds is 4. The summed E-state index contributed by atoms with van der Waals surface area (Å²) >= 11 is 1.90. The topological polar surface area (TPSA) is 64.4 Å². The Hall–Kier alpha value is -0.260. The van der Waals surface area contributed by atoms with Gasteiger partial charge in [-0.15, -0.1) is 0 Å². The smallest absolute Gasteiger partial charge is 0.241 e. The van der Waals surface area contributed by atoms with Gasteiger partial charge in [0.05, 0.1) is 6.10 Å². The van der Waals surface area contributed by atoms with Crippen molar-refractivity contribution in [3.63, 3.8) is 0 Å². The first kappa shape index (κ1) is 15.6. The molecule has 0 aromatic heterocycles. The Morgan fingerprint density at radius 2 is 2.05 bits per heavy atom. The van der Waals surface area contributed by atoms with Crippen LogP contribution in [0.3, 0.4) is 0 Å². The Balaban J connectivity index is 1.68. The van der Waals surface area contributed by atoms with E-state index in [2.05, 4.69) is 25.4 Å². The van der Waals surface area contributed by atoms with Crippen LogP contribution in [0.25, 0.3) is 0 Å². The lowest BCUT2D eigenvalue weighted by Gasteiger charge is -2.60. The molecule has 3 N–H and O–H groups in total. The van der Waals surface area contributed by atoms with E-state index in [0.29, 0.717) is 0 Å². The lowest BCUT2D eigenvalue weighted by Crippen LogP contribution is -2.80. The molecule has 3 aliphatic rings. The predicted octanol–water partition coefficient (Wildman–Crippen LogP) is 1.92. The van der Waals surface area contributed by atoms with Crippen LogP contribution in [0, 0.1) is 11.3 Å². The van der Waals surface area contributed by atoms with Crippen molar-refractivity contribution in [1.29, 1.82) is 0 Å². The monoisotopic (exact) mass is 312 g/mol. The van der Waals surface area contributed by atoms with Crippen LogP contribution >= 0.6 is 11.8 Å². The zero-order valence-corrected chi connectivity index (χ0v) is 14.2. The molecular weight excluding hydrogens is 284 g/mol. The van der Waals surface area contributed by atoms with Crippen LogP contribution < -0.4 is 11.1 Å². The molecule has 1 aliphatic heterocycles. The number of nitrogens with one attached hydrogen (secondary N) is 1. The molecule has 120 valence electrons. The van der Waals surface area contributed by atoms with Crippen LogP contribution in [0.15, 0.2) is 0 Å². The zero-order valence-electron chi connectivity index (χ0n) is 13.4. The minimum Gasteiger partial charge on any atom is -0.377 e. The van der Waals surface area contributed by atoms with Gasteiger partial charge in [-0.3, -0.25) is 4.79 Å². The van der Waals surface area contributed by atoms with Gasteiger partial charge in [-0.25, -0.2) is 0 Å². The third-order valence-electron chi connectivity index (χ3n) is 6.35. The highest BCUT2D eigenvalue weighted by Gasteiger charge is 2.71. The highest BCUT2D eigenvalue weighted by molar-refractivity contribution is 8.00. The summed E-state index contributed by atoms with van der Waals surface area (Å²) in [5.41, 5.74) is 5.53. The Labute approximate surface area is 131 Å². The van der Waals surface area contributed by atoms with E-state index in [1.807, 2.05) is 11.8 Å². The molecule has 4 nitrogen and oxygen atoms in total. The van der Waals surface area contributed by atoms with Gasteiger partial charge in [0.15, 0.2) is 0 Å². The van der Waals surface area contributed by atoms with Gasteiger partial charge in [0.1, 0.15) is 5.54 Å². The minimum absolute atomic E-state index is 0.0274. The molecule has 0 bridgehead atoms. The van der Waals surface area contributed by atoms with E-state index in [1.54, 1.807) is 0 Å². The Morgan fingerprint density at radius 1 is 1.38 bits per heavy atom. The second-order valence-electron chi connectivity index (χ2n) is 7.55. The first-order valence-corrected chi connectivity index (χ1v) is 9.34. The number of carbonyl (C=O) groups excluding carboxylic acids is 1. The maximum atomic E-state index is 12.8. The molecule has 1 saturated heterocycles. The van der Waals surface area contributed by atoms with Gasteiger partial charge in [0.2, 0.25) is 5.91 Å². The van der Waals surface area contributed by atoms with Crippen molar-refractivity contribution in [2.24, 2.45) is 17.1 Å². The van der Waals surface area contributed by atoms with Gasteiger partial charge in [-0.1, -0.05) is 26.7 Å². The van der Waals surface area contributed by atoms with Gasteiger partial charge in [-0.2, -0.15) is 11.8 Å². The number of carbonyl (C=O) groups is 1. The van der Waals surface area contributed by atoms with Crippen LogP contribution in [0.2, 0.25) is 0 Å². The van der Waals surface area contributed by atoms with Crippen molar-refractivity contribution in [1.82, 2.24) is 5.32 Å². The first-order chi connectivity index (χ1) is 9.87. The molecule has 2 aliphatic carbocycles. The van der Waals surface area contributed by atoms with E-state index in [1.165, 1.54) is 25.7 Å². The number of nitrogens with two attached hydrogens (primary N) is 1. The maximum Gasteiger partial charge on any atom is 0.241 e. The largest absolute Gasteiger partial charge is 0.377 e. The molecule has 0 aromatic carbocycles.